The fourth-order valence-electron chi connectivity index (χ4n) is 3.52. The SMILES string of the molecule is [2H]C([2H])(O[Si](C)(C)C(C)(C)C)C1(CC(C)(C)[S+]([O-])Nc2ncc(Br)cc2F)CC(C)C1. The minimum Gasteiger partial charge on any atom is -0.593 e. The summed E-state index contributed by atoms with van der Waals surface area (Å²) in [5.74, 6) is -0.297. The van der Waals surface area contributed by atoms with Gasteiger partial charge in [0.25, 0.3) is 0 Å². The van der Waals surface area contributed by atoms with Crippen LogP contribution >= 0.6 is 15.9 Å². The van der Waals surface area contributed by atoms with Crippen LogP contribution in [0.4, 0.5) is 10.2 Å². The summed E-state index contributed by atoms with van der Waals surface area (Å²) in [6, 6.07) is 1.26. The molecule has 1 N–H and O–H groups in total. The number of rotatable bonds is 8. The summed E-state index contributed by atoms with van der Waals surface area (Å²) >= 11 is 1.49. The highest BCUT2D eigenvalue weighted by molar-refractivity contribution is 9.10. The molecule has 0 amide bonds. The summed E-state index contributed by atoms with van der Waals surface area (Å²) in [4.78, 5) is 3.98. The molecule has 0 aromatic carbocycles. The fourth-order valence-corrected chi connectivity index (χ4v) is 5.61. The molecular formula is C21H36BrFN2O2SSi. The molecule has 2 rings (SSSR count). The zero-order valence-electron chi connectivity index (χ0n) is 20.8. The number of nitrogens with zero attached hydrogens (tertiary/aromatic N) is 1. The molecule has 0 saturated heterocycles. The molecule has 1 aromatic heterocycles. The van der Waals surface area contributed by atoms with Crippen molar-refractivity contribution < 1.29 is 16.1 Å². The first-order valence-corrected chi connectivity index (χ1v) is 14.9. The third kappa shape index (κ3) is 6.18. The summed E-state index contributed by atoms with van der Waals surface area (Å²) < 4.78 is 53.9. The van der Waals surface area contributed by atoms with Crippen molar-refractivity contribution in [2.75, 3.05) is 11.3 Å². The number of hydrogen-bond acceptors (Lipinski definition) is 4. The smallest absolute Gasteiger partial charge is 0.206 e. The van der Waals surface area contributed by atoms with Crippen molar-refractivity contribution in [3.05, 3.63) is 22.6 Å². The average molecular weight is 510 g/mol. The Morgan fingerprint density at radius 2 is 2.00 bits per heavy atom. The Balaban J connectivity index is 2.25. The van der Waals surface area contributed by atoms with Gasteiger partial charge in [0.15, 0.2) is 14.1 Å². The van der Waals surface area contributed by atoms with E-state index >= 15 is 0 Å². The van der Waals surface area contributed by atoms with Crippen molar-refractivity contribution in [2.24, 2.45) is 11.3 Å². The summed E-state index contributed by atoms with van der Waals surface area (Å²) in [5.41, 5.74) is -0.742. The summed E-state index contributed by atoms with van der Waals surface area (Å²) in [7, 11) is -2.36. The summed E-state index contributed by atoms with van der Waals surface area (Å²) in [5, 5.41) is -0.123. The molecule has 166 valence electrons. The van der Waals surface area contributed by atoms with Gasteiger partial charge in [-0.1, -0.05) is 27.7 Å². The third-order valence-corrected chi connectivity index (χ3v) is 12.3. The van der Waals surface area contributed by atoms with Crippen LogP contribution in [0.5, 0.6) is 0 Å². The van der Waals surface area contributed by atoms with Gasteiger partial charge in [-0.15, -0.1) is 0 Å². The van der Waals surface area contributed by atoms with E-state index in [4.69, 9.17) is 7.17 Å². The van der Waals surface area contributed by atoms with Crippen LogP contribution in [0, 0.1) is 17.2 Å². The van der Waals surface area contributed by atoms with Crippen molar-refractivity contribution >= 4 is 41.4 Å². The first-order chi connectivity index (χ1) is 13.8. The Labute approximate surface area is 191 Å². The number of hydrogen-bond donors (Lipinski definition) is 1. The van der Waals surface area contributed by atoms with Gasteiger partial charge in [-0.2, -0.15) is 4.72 Å². The predicted molar refractivity (Wildman–Crippen MR) is 126 cm³/mol. The van der Waals surface area contributed by atoms with E-state index in [-0.39, 0.29) is 10.9 Å². The van der Waals surface area contributed by atoms with Gasteiger partial charge in [0.2, 0.25) is 5.82 Å². The van der Waals surface area contributed by atoms with Crippen LogP contribution in [-0.4, -0.2) is 29.2 Å². The van der Waals surface area contributed by atoms with E-state index in [1.807, 2.05) is 26.9 Å². The van der Waals surface area contributed by atoms with E-state index in [1.165, 1.54) is 12.3 Å². The standard InChI is InChI=1S/C21H36BrFN2O2SSi/c1-15-10-21(11-15,14-27-29(7,8)19(2,3)4)13-20(5,6)28(26)25-18-17(23)9-16(22)12-24-18/h9,12,15H,10-11,13-14H2,1-8H3,(H,24,25)/i14D2. The van der Waals surface area contributed by atoms with Crippen molar-refractivity contribution in [3.63, 3.8) is 0 Å². The highest BCUT2D eigenvalue weighted by Crippen LogP contribution is 2.53. The Morgan fingerprint density at radius 3 is 2.48 bits per heavy atom. The topological polar surface area (TPSA) is 57.2 Å². The van der Waals surface area contributed by atoms with Crippen molar-refractivity contribution in [1.29, 1.82) is 0 Å². The lowest BCUT2D eigenvalue weighted by molar-refractivity contribution is -0.00729. The molecule has 1 unspecified atom stereocenters. The zero-order valence-corrected chi connectivity index (χ0v) is 22.2. The lowest BCUT2D eigenvalue weighted by Gasteiger charge is -2.51. The Hall–Kier alpha value is -0.153. The van der Waals surface area contributed by atoms with Crippen LogP contribution in [0.1, 0.15) is 63.5 Å². The zero-order chi connectivity index (χ0) is 24.0. The predicted octanol–water partition coefficient (Wildman–Crippen LogP) is 6.67. The van der Waals surface area contributed by atoms with Crippen molar-refractivity contribution in [2.45, 2.75) is 83.7 Å². The molecule has 8 heteroatoms. The molecule has 0 aliphatic heterocycles. The van der Waals surface area contributed by atoms with E-state index in [9.17, 15) is 8.94 Å². The largest absolute Gasteiger partial charge is 0.593 e. The lowest BCUT2D eigenvalue weighted by Crippen LogP contribution is -2.52. The molecule has 0 bridgehead atoms. The number of nitrogens with one attached hydrogen (secondary N) is 1. The van der Waals surface area contributed by atoms with Crippen LogP contribution in [0.2, 0.25) is 18.1 Å². The van der Waals surface area contributed by atoms with Crippen LogP contribution < -0.4 is 4.72 Å². The molecule has 1 aliphatic carbocycles. The second-order valence-corrected chi connectivity index (χ2v) is 18.0. The molecule has 1 aliphatic rings. The maximum Gasteiger partial charge on any atom is 0.206 e. The fraction of sp³-hybridized carbons (Fsp3) is 0.762. The maximum atomic E-state index is 14.2. The summed E-state index contributed by atoms with van der Waals surface area (Å²) in [6.45, 7) is 14.3. The second kappa shape index (κ2) is 8.77. The Morgan fingerprint density at radius 1 is 1.41 bits per heavy atom. The molecule has 0 radical (unpaired) electrons. The molecule has 1 heterocycles. The molecule has 1 aromatic rings. The average Bonchev–Trinajstić information content (AvgIpc) is 2.53. The summed E-state index contributed by atoms with van der Waals surface area (Å²) in [6.07, 6.45) is 3.13. The molecule has 1 atom stereocenters. The lowest BCUT2D eigenvalue weighted by atomic mass is 9.60. The maximum absolute atomic E-state index is 14.2. The second-order valence-electron chi connectivity index (χ2n) is 10.5. The van der Waals surface area contributed by atoms with Crippen molar-refractivity contribution in [3.8, 4) is 0 Å². The van der Waals surface area contributed by atoms with Gasteiger partial charge in [-0.05, 0) is 78.2 Å². The minimum absolute atomic E-state index is 0.0776. The van der Waals surface area contributed by atoms with E-state index in [0.717, 1.165) is 0 Å². The van der Waals surface area contributed by atoms with Crippen LogP contribution in [0.25, 0.3) is 0 Å². The van der Waals surface area contributed by atoms with Gasteiger partial charge >= 0.3 is 0 Å². The quantitative estimate of drug-likeness (QED) is 0.314. The Kier molecular flexibility index (Phi) is 6.67. The monoisotopic (exact) mass is 508 g/mol. The minimum atomic E-state index is -2.36. The first-order valence-electron chi connectivity index (χ1n) is 11.0. The van der Waals surface area contributed by atoms with Crippen LogP contribution in [0.15, 0.2) is 16.7 Å². The van der Waals surface area contributed by atoms with Gasteiger partial charge in [-0.3, -0.25) is 0 Å². The van der Waals surface area contributed by atoms with E-state index in [1.54, 1.807) is 0 Å². The van der Waals surface area contributed by atoms with Gasteiger partial charge in [0.1, 0.15) is 4.75 Å². The van der Waals surface area contributed by atoms with E-state index < -0.39 is 42.2 Å². The highest BCUT2D eigenvalue weighted by Gasteiger charge is 2.51. The molecule has 1 fully saturated rings. The number of halogens is 2. The first kappa shape index (κ1) is 22.1. The van der Waals surface area contributed by atoms with Gasteiger partial charge < -0.3 is 8.98 Å². The molecule has 0 spiro atoms. The van der Waals surface area contributed by atoms with Gasteiger partial charge in [0.05, 0.1) is 14.1 Å². The van der Waals surface area contributed by atoms with Gasteiger partial charge in [0, 0.05) is 23.6 Å². The highest BCUT2D eigenvalue weighted by atomic mass is 79.9. The van der Waals surface area contributed by atoms with Crippen LogP contribution in [-0.2, 0) is 15.8 Å². The van der Waals surface area contributed by atoms with Crippen LogP contribution in [0.3, 0.4) is 0 Å². The van der Waals surface area contributed by atoms with E-state index in [0.29, 0.717) is 29.7 Å². The molecular weight excluding hydrogens is 471 g/mol. The molecule has 1 saturated carbocycles. The molecule has 29 heavy (non-hydrogen) atoms. The number of pyridine rings is 1. The third-order valence-electron chi connectivity index (χ3n) is 6.07. The molecule has 4 nitrogen and oxygen atoms in total. The van der Waals surface area contributed by atoms with Crippen molar-refractivity contribution in [1.82, 2.24) is 4.98 Å². The Bertz CT molecular complexity index is 802. The number of aromatic nitrogens is 1. The van der Waals surface area contributed by atoms with E-state index in [2.05, 4.69) is 53.3 Å². The normalized spacial score (nSPS) is 25.7. The van der Waals surface area contributed by atoms with Gasteiger partial charge in [-0.25, -0.2) is 9.37 Å². The number of anilines is 1.